The first kappa shape index (κ1) is 12.8. The normalized spacial score (nSPS) is 10.5. The molecule has 3 aromatic rings. The zero-order valence-electron chi connectivity index (χ0n) is 10.8. The van der Waals surface area contributed by atoms with Gasteiger partial charge in [-0.25, -0.2) is 4.79 Å². The van der Waals surface area contributed by atoms with Gasteiger partial charge in [0.1, 0.15) is 5.69 Å². The van der Waals surface area contributed by atoms with Crippen LogP contribution in [0.25, 0.3) is 11.4 Å². The van der Waals surface area contributed by atoms with Gasteiger partial charge in [-0.1, -0.05) is 18.2 Å². The number of hydrogen-bond acceptors (Lipinski definition) is 3. The molecule has 0 spiro atoms. The second kappa shape index (κ2) is 5.04. The van der Waals surface area contributed by atoms with E-state index >= 15 is 0 Å². The van der Waals surface area contributed by atoms with E-state index in [0.717, 1.165) is 5.69 Å². The Morgan fingerprint density at radius 1 is 1.05 bits per heavy atom. The summed E-state index contributed by atoms with van der Waals surface area (Å²) in [6.07, 6.45) is 1.60. The fourth-order valence-corrected chi connectivity index (χ4v) is 1.99. The summed E-state index contributed by atoms with van der Waals surface area (Å²) in [5.41, 5.74) is 1.08. The van der Waals surface area contributed by atoms with Crippen molar-refractivity contribution >= 4 is 5.69 Å². The number of aromatic amines is 1. The zero-order chi connectivity index (χ0) is 14.8. The fraction of sp³-hybridized carbons (Fsp3) is 0. The molecule has 0 saturated heterocycles. The number of H-pyrrole nitrogens is 1. The van der Waals surface area contributed by atoms with Gasteiger partial charge in [0.05, 0.1) is 4.92 Å². The smallest absolute Gasteiger partial charge is 0.258 e. The molecule has 104 valence electrons. The van der Waals surface area contributed by atoms with Crippen molar-refractivity contribution in [2.24, 2.45) is 0 Å². The highest BCUT2D eigenvalue weighted by Gasteiger charge is 2.15. The zero-order valence-corrected chi connectivity index (χ0v) is 10.8. The number of nitrogens with zero attached hydrogens (tertiary/aromatic N) is 3. The maximum atomic E-state index is 12.0. The van der Waals surface area contributed by atoms with Gasteiger partial charge in [-0.05, 0) is 24.3 Å². The molecule has 0 bridgehead atoms. The van der Waals surface area contributed by atoms with Crippen molar-refractivity contribution in [1.82, 2.24) is 9.67 Å². The maximum Gasteiger partial charge on any atom is 0.449 e. The molecular formula is C14H11N4O3+. The van der Waals surface area contributed by atoms with Crippen molar-refractivity contribution < 1.29 is 9.61 Å². The van der Waals surface area contributed by atoms with Gasteiger partial charge in [0.15, 0.2) is 5.69 Å². The summed E-state index contributed by atoms with van der Waals surface area (Å²) in [5, 5.41) is 13.3. The number of rotatable bonds is 3. The number of hydrogen-bond donors (Lipinski definition) is 1. The van der Waals surface area contributed by atoms with E-state index in [4.69, 9.17) is 0 Å². The van der Waals surface area contributed by atoms with E-state index in [1.54, 1.807) is 18.5 Å². The second-order valence-electron chi connectivity index (χ2n) is 4.38. The quantitative estimate of drug-likeness (QED) is 0.447. The summed E-state index contributed by atoms with van der Waals surface area (Å²) < 4.78 is 2.97. The van der Waals surface area contributed by atoms with Crippen molar-refractivity contribution in [3.05, 3.63) is 81.5 Å². The molecule has 1 heterocycles. The number of nitrogens with one attached hydrogen (secondary N) is 1. The van der Waals surface area contributed by atoms with Crippen molar-refractivity contribution in [2.75, 3.05) is 0 Å². The molecule has 0 aliphatic heterocycles. The second-order valence-corrected chi connectivity index (χ2v) is 4.38. The molecule has 0 radical (unpaired) electrons. The fourth-order valence-electron chi connectivity index (χ4n) is 1.99. The van der Waals surface area contributed by atoms with Gasteiger partial charge in [0.25, 0.3) is 12.0 Å². The predicted molar refractivity (Wildman–Crippen MR) is 74.6 cm³/mol. The van der Waals surface area contributed by atoms with Gasteiger partial charge in [-0.15, -0.1) is 14.3 Å². The number of nitro groups is 1. The molecule has 1 N–H and O–H groups in total. The van der Waals surface area contributed by atoms with Gasteiger partial charge in [-0.2, -0.15) is 0 Å². The summed E-state index contributed by atoms with van der Waals surface area (Å²) in [5.74, 6) is 0. The van der Waals surface area contributed by atoms with Crippen LogP contribution in [-0.4, -0.2) is 14.6 Å². The highest BCUT2D eigenvalue weighted by molar-refractivity contribution is 5.36. The van der Waals surface area contributed by atoms with Gasteiger partial charge < -0.3 is 0 Å². The number of para-hydroxylation sites is 1. The van der Waals surface area contributed by atoms with E-state index in [-0.39, 0.29) is 11.4 Å². The van der Waals surface area contributed by atoms with Crippen molar-refractivity contribution in [1.29, 1.82) is 0 Å². The third kappa shape index (κ3) is 2.44. The highest BCUT2D eigenvalue weighted by atomic mass is 16.6. The third-order valence-corrected chi connectivity index (χ3v) is 3.04. The van der Waals surface area contributed by atoms with Gasteiger partial charge in [0.2, 0.25) is 0 Å². The van der Waals surface area contributed by atoms with E-state index in [9.17, 15) is 14.9 Å². The first-order valence-corrected chi connectivity index (χ1v) is 6.19. The van der Waals surface area contributed by atoms with Crippen molar-refractivity contribution in [3.63, 3.8) is 0 Å². The van der Waals surface area contributed by atoms with E-state index in [2.05, 4.69) is 5.10 Å². The molecule has 1 aromatic heterocycles. The molecule has 7 heteroatoms. The first-order chi connectivity index (χ1) is 10.1. The largest absolute Gasteiger partial charge is 0.449 e. The molecule has 0 aliphatic rings. The maximum absolute atomic E-state index is 12.0. The monoisotopic (exact) mass is 283 g/mol. The summed E-state index contributed by atoms with van der Waals surface area (Å²) in [6.45, 7) is 0. The molecule has 0 atom stereocenters. The van der Waals surface area contributed by atoms with Crippen LogP contribution in [0.1, 0.15) is 0 Å². The number of benzene rings is 2. The van der Waals surface area contributed by atoms with E-state index in [1.165, 1.54) is 21.4 Å². The summed E-state index contributed by atoms with van der Waals surface area (Å²) >= 11 is 0. The molecule has 0 amide bonds. The molecular weight excluding hydrogens is 272 g/mol. The molecule has 0 aliphatic carbocycles. The predicted octanol–water partition coefficient (Wildman–Crippen LogP) is 1.35. The Morgan fingerprint density at radius 3 is 2.33 bits per heavy atom. The van der Waals surface area contributed by atoms with Crippen LogP contribution < -0.4 is 10.4 Å². The lowest BCUT2D eigenvalue weighted by Crippen LogP contribution is -2.33. The summed E-state index contributed by atoms with van der Waals surface area (Å²) in [4.78, 5) is 22.1. The third-order valence-electron chi connectivity index (χ3n) is 3.04. The van der Waals surface area contributed by atoms with Gasteiger partial charge in [0, 0.05) is 12.1 Å². The lowest BCUT2D eigenvalue weighted by molar-refractivity contribution is -0.658. The van der Waals surface area contributed by atoms with E-state index in [1.807, 2.05) is 30.3 Å². The average molecular weight is 283 g/mol. The Morgan fingerprint density at radius 2 is 1.71 bits per heavy atom. The van der Waals surface area contributed by atoms with Crippen LogP contribution in [0.5, 0.6) is 0 Å². The number of non-ortho nitro benzene ring substituents is 1. The lowest BCUT2D eigenvalue weighted by Gasteiger charge is -1.94. The van der Waals surface area contributed by atoms with Crippen LogP contribution in [0, 0.1) is 10.1 Å². The minimum absolute atomic E-state index is 0.00388. The molecule has 2 aromatic carbocycles. The molecule has 0 unspecified atom stereocenters. The number of nitro benzene ring substituents is 1. The van der Waals surface area contributed by atoms with Gasteiger partial charge >= 0.3 is 5.69 Å². The summed E-state index contributed by atoms with van der Waals surface area (Å²) in [7, 11) is 0. The van der Waals surface area contributed by atoms with Gasteiger partial charge in [-0.3, -0.25) is 10.1 Å². The molecule has 3 rings (SSSR count). The van der Waals surface area contributed by atoms with Crippen molar-refractivity contribution in [2.45, 2.75) is 0 Å². The van der Waals surface area contributed by atoms with Crippen LogP contribution >= 0.6 is 0 Å². The summed E-state index contributed by atoms with van der Waals surface area (Å²) in [6, 6.07) is 15.1. The average Bonchev–Trinajstić information content (AvgIpc) is 2.90. The van der Waals surface area contributed by atoms with E-state index < -0.39 is 4.92 Å². The highest BCUT2D eigenvalue weighted by Crippen LogP contribution is 2.11. The Labute approximate surface area is 118 Å². The minimum Gasteiger partial charge on any atom is -0.258 e. The minimum atomic E-state index is -0.466. The van der Waals surface area contributed by atoms with Crippen molar-refractivity contribution in [3.8, 4) is 11.4 Å². The SMILES string of the molecule is O=c1[nH][n+](-c2ccc([N+](=O)[O-])cc2)cn1-c1ccccc1. The molecule has 7 nitrogen and oxygen atoms in total. The first-order valence-electron chi connectivity index (χ1n) is 6.19. The standard InChI is InChI=1S/C14H10N4O3/c19-14-15-17(10-16(14)11-4-2-1-3-5-11)12-6-8-13(9-7-12)18(20)21/h1-10H/p+1. The number of aromatic nitrogens is 3. The Balaban J connectivity index is 2.01. The Hall–Kier alpha value is -3.22. The Kier molecular flexibility index (Phi) is 3.07. The molecule has 21 heavy (non-hydrogen) atoms. The topological polar surface area (TPSA) is 84.8 Å². The van der Waals surface area contributed by atoms with Crippen LogP contribution in [-0.2, 0) is 0 Å². The lowest BCUT2D eigenvalue weighted by atomic mass is 10.3. The van der Waals surface area contributed by atoms with Crippen LogP contribution in [0.4, 0.5) is 5.69 Å². The van der Waals surface area contributed by atoms with Crippen LogP contribution in [0.15, 0.2) is 65.7 Å². The van der Waals surface area contributed by atoms with Crippen LogP contribution in [0.2, 0.25) is 0 Å². The van der Waals surface area contributed by atoms with E-state index in [0.29, 0.717) is 5.69 Å². The Bertz CT molecular complexity index is 835. The molecule has 0 fully saturated rings. The van der Waals surface area contributed by atoms with Crippen LogP contribution in [0.3, 0.4) is 0 Å². The molecule has 0 saturated carbocycles.